The Morgan fingerprint density at radius 3 is 2.46 bits per heavy atom. The van der Waals surface area contributed by atoms with E-state index in [4.69, 9.17) is 5.21 Å². The van der Waals surface area contributed by atoms with Crippen molar-refractivity contribution in [1.82, 2.24) is 15.0 Å². The molecule has 28 heavy (non-hydrogen) atoms. The Balaban J connectivity index is 1.59. The molecule has 0 unspecified atom stereocenters. The number of nitrogens with zero attached hydrogens (tertiary/aromatic N) is 3. The zero-order chi connectivity index (χ0) is 19.5. The summed E-state index contributed by atoms with van der Waals surface area (Å²) in [7, 11) is 0. The molecule has 0 bridgehead atoms. The lowest BCUT2D eigenvalue weighted by atomic mass is 10.1. The Kier molecular flexibility index (Phi) is 4.65. The van der Waals surface area contributed by atoms with Crippen LogP contribution in [0.2, 0.25) is 0 Å². The van der Waals surface area contributed by atoms with Crippen LogP contribution in [0.1, 0.15) is 15.9 Å². The number of hydroxylamine groups is 1. The van der Waals surface area contributed by atoms with Crippen molar-refractivity contribution in [2.45, 2.75) is 6.54 Å². The van der Waals surface area contributed by atoms with E-state index in [-0.39, 0.29) is 0 Å². The normalized spacial score (nSPS) is 10.8. The average molecular weight is 372 g/mol. The molecule has 2 aromatic carbocycles. The van der Waals surface area contributed by atoms with Gasteiger partial charge in [0, 0.05) is 35.5 Å². The molecular weight excluding hydrogens is 356 g/mol. The third-order valence-corrected chi connectivity index (χ3v) is 4.58. The third-order valence-electron chi connectivity index (χ3n) is 4.58. The summed E-state index contributed by atoms with van der Waals surface area (Å²) < 4.78 is 2.03. The predicted molar refractivity (Wildman–Crippen MR) is 105 cm³/mol. The number of aromatic nitrogens is 2. The molecular formula is C21H16N4O3. The highest BCUT2D eigenvalue weighted by atomic mass is 16.5. The van der Waals surface area contributed by atoms with Gasteiger partial charge in [-0.25, -0.2) is 10.5 Å². The zero-order valence-electron chi connectivity index (χ0n) is 14.7. The largest absolute Gasteiger partial charge is 0.328 e. The van der Waals surface area contributed by atoms with E-state index in [1.807, 2.05) is 41.1 Å². The number of benzene rings is 2. The maximum absolute atomic E-state index is 11.4. The number of hydrogen-bond acceptors (Lipinski definition) is 5. The van der Waals surface area contributed by atoms with Gasteiger partial charge in [0.15, 0.2) is 0 Å². The van der Waals surface area contributed by atoms with Crippen molar-refractivity contribution in [3.63, 3.8) is 0 Å². The van der Waals surface area contributed by atoms with Crippen LogP contribution in [0.4, 0.5) is 5.69 Å². The minimum atomic E-state index is -0.538. The summed E-state index contributed by atoms with van der Waals surface area (Å²) in [6, 6.07) is 18.1. The monoisotopic (exact) mass is 372 g/mol. The van der Waals surface area contributed by atoms with Crippen molar-refractivity contribution in [2.75, 3.05) is 0 Å². The first-order chi connectivity index (χ1) is 13.7. The van der Waals surface area contributed by atoms with Crippen LogP contribution in [-0.2, 0) is 6.54 Å². The van der Waals surface area contributed by atoms with E-state index < -0.39 is 5.91 Å². The number of pyridine rings is 1. The van der Waals surface area contributed by atoms with Gasteiger partial charge < -0.3 is 4.57 Å². The molecule has 0 aliphatic carbocycles. The summed E-state index contributed by atoms with van der Waals surface area (Å²) in [4.78, 5) is 26.6. The molecule has 0 saturated heterocycles. The molecule has 0 saturated carbocycles. The Hall–Kier alpha value is -3.84. The van der Waals surface area contributed by atoms with Crippen LogP contribution in [0, 0.1) is 4.91 Å². The van der Waals surface area contributed by atoms with E-state index in [1.54, 1.807) is 35.9 Å². The van der Waals surface area contributed by atoms with Crippen molar-refractivity contribution in [2.24, 2.45) is 5.18 Å². The van der Waals surface area contributed by atoms with E-state index in [1.165, 1.54) is 0 Å². The highest BCUT2D eigenvalue weighted by Gasteiger charge is 2.08. The first-order valence-corrected chi connectivity index (χ1v) is 8.60. The SMILES string of the molecule is O=Nc1ccc(-c2cnc3c(ccn3Cc3ccc(C(=O)NO)cc3)c2)cc1. The molecule has 2 N–H and O–H groups in total. The van der Waals surface area contributed by atoms with Crippen LogP contribution in [0.3, 0.4) is 0 Å². The van der Waals surface area contributed by atoms with Crippen molar-refractivity contribution in [3.05, 3.63) is 89.1 Å². The molecule has 4 aromatic rings. The van der Waals surface area contributed by atoms with Crippen LogP contribution < -0.4 is 5.48 Å². The fraction of sp³-hybridized carbons (Fsp3) is 0.0476. The Morgan fingerprint density at radius 1 is 1.04 bits per heavy atom. The lowest BCUT2D eigenvalue weighted by molar-refractivity contribution is 0.0706. The molecule has 0 fully saturated rings. The maximum atomic E-state index is 11.4. The first kappa shape index (κ1) is 17.6. The molecule has 7 nitrogen and oxygen atoms in total. The summed E-state index contributed by atoms with van der Waals surface area (Å²) in [5.41, 5.74) is 6.19. The van der Waals surface area contributed by atoms with E-state index >= 15 is 0 Å². The number of amides is 1. The van der Waals surface area contributed by atoms with Gasteiger partial charge in [0.2, 0.25) is 0 Å². The van der Waals surface area contributed by atoms with Crippen molar-refractivity contribution < 1.29 is 10.0 Å². The highest BCUT2D eigenvalue weighted by molar-refractivity contribution is 5.93. The fourth-order valence-electron chi connectivity index (χ4n) is 3.10. The van der Waals surface area contributed by atoms with Gasteiger partial charge in [-0.05, 0) is 52.7 Å². The average Bonchev–Trinajstić information content (AvgIpc) is 3.15. The molecule has 0 atom stereocenters. The van der Waals surface area contributed by atoms with E-state index in [9.17, 15) is 9.70 Å². The summed E-state index contributed by atoms with van der Waals surface area (Å²) in [6.07, 6.45) is 3.77. The first-order valence-electron chi connectivity index (χ1n) is 8.60. The molecule has 7 heteroatoms. The molecule has 0 aliphatic heterocycles. The molecule has 138 valence electrons. The van der Waals surface area contributed by atoms with Gasteiger partial charge in [-0.2, -0.15) is 0 Å². The third kappa shape index (κ3) is 3.38. The molecule has 0 spiro atoms. The minimum absolute atomic E-state index is 0.391. The number of nitrogens with one attached hydrogen (secondary N) is 1. The topological polar surface area (TPSA) is 96.6 Å². The van der Waals surface area contributed by atoms with Gasteiger partial charge in [-0.3, -0.25) is 10.0 Å². The van der Waals surface area contributed by atoms with Crippen molar-refractivity contribution in [1.29, 1.82) is 0 Å². The second kappa shape index (κ2) is 7.42. The molecule has 4 rings (SSSR count). The van der Waals surface area contributed by atoms with Crippen molar-refractivity contribution in [3.8, 4) is 11.1 Å². The summed E-state index contributed by atoms with van der Waals surface area (Å²) in [6.45, 7) is 0.608. The van der Waals surface area contributed by atoms with Gasteiger partial charge >= 0.3 is 0 Å². The van der Waals surface area contributed by atoms with Gasteiger partial charge in [0.1, 0.15) is 11.3 Å². The lowest BCUT2D eigenvalue weighted by Gasteiger charge is -2.07. The van der Waals surface area contributed by atoms with Crippen molar-refractivity contribution >= 4 is 22.6 Å². The molecule has 1 amide bonds. The van der Waals surface area contributed by atoms with Crippen LogP contribution in [0.25, 0.3) is 22.2 Å². The molecule has 2 heterocycles. The fourth-order valence-corrected chi connectivity index (χ4v) is 3.10. The second-order valence-electron chi connectivity index (χ2n) is 6.36. The van der Waals surface area contributed by atoms with Gasteiger partial charge in [-0.1, -0.05) is 24.3 Å². The van der Waals surface area contributed by atoms with E-state index in [0.717, 1.165) is 27.7 Å². The number of hydrogen-bond donors (Lipinski definition) is 2. The Bertz CT molecular complexity index is 1150. The minimum Gasteiger partial charge on any atom is -0.328 e. The van der Waals surface area contributed by atoms with Gasteiger partial charge in [0.05, 0.1) is 0 Å². The number of fused-ring (bicyclic) bond motifs is 1. The highest BCUT2D eigenvalue weighted by Crippen LogP contribution is 2.25. The van der Waals surface area contributed by atoms with Gasteiger partial charge in [0.25, 0.3) is 5.91 Å². The Labute approximate surface area is 160 Å². The number of carbonyl (C=O) groups is 1. The Morgan fingerprint density at radius 2 is 1.79 bits per heavy atom. The van der Waals surface area contributed by atoms with Crippen LogP contribution in [0.5, 0.6) is 0 Å². The lowest BCUT2D eigenvalue weighted by Crippen LogP contribution is -2.18. The molecule has 0 aliphatic rings. The summed E-state index contributed by atoms with van der Waals surface area (Å²) >= 11 is 0. The van der Waals surface area contributed by atoms with E-state index in [2.05, 4.69) is 16.2 Å². The zero-order valence-corrected chi connectivity index (χ0v) is 14.7. The number of nitroso groups, excluding NO2 is 1. The smallest absolute Gasteiger partial charge is 0.274 e. The quantitative estimate of drug-likeness (QED) is 0.311. The number of carbonyl (C=O) groups excluding carboxylic acids is 1. The molecule has 2 aromatic heterocycles. The maximum Gasteiger partial charge on any atom is 0.274 e. The standard InChI is InChI=1S/C21H16N4O3/c26-21(24-28)16-3-1-14(2-4-16)13-25-10-9-17-11-18(12-22-20(17)25)15-5-7-19(23-27)8-6-15/h1-12,28H,13H2,(H,24,26). The van der Waals surface area contributed by atoms with Crippen LogP contribution in [-0.4, -0.2) is 20.7 Å². The number of rotatable bonds is 5. The second-order valence-corrected chi connectivity index (χ2v) is 6.36. The summed E-state index contributed by atoms with van der Waals surface area (Å²) in [5.74, 6) is -0.538. The van der Waals surface area contributed by atoms with Crippen LogP contribution in [0.15, 0.2) is 78.2 Å². The predicted octanol–water partition coefficient (Wildman–Crippen LogP) is 4.27. The van der Waals surface area contributed by atoms with E-state index in [0.29, 0.717) is 17.8 Å². The molecule has 0 radical (unpaired) electrons. The summed E-state index contributed by atoms with van der Waals surface area (Å²) in [5, 5.41) is 12.6. The van der Waals surface area contributed by atoms with Gasteiger partial charge in [-0.15, -0.1) is 4.91 Å². The van der Waals surface area contributed by atoms with Crippen LogP contribution >= 0.6 is 0 Å².